The third-order valence-corrected chi connectivity index (χ3v) is 2.51. The van der Waals surface area contributed by atoms with Gasteiger partial charge < -0.3 is 9.84 Å². The summed E-state index contributed by atoms with van der Waals surface area (Å²) in [6.45, 7) is 2.52. The molecule has 1 N–H and O–H groups in total. The van der Waals surface area contributed by atoms with Crippen LogP contribution in [-0.4, -0.2) is 22.5 Å². The molecule has 0 bridgehead atoms. The van der Waals surface area contributed by atoms with Crippen molar-refractivity contribution >= 4 is 5.78 Å². The highest BCUT2D eigenvalue weighted by Crippen LogP contribution is 2.20. The molecule has 1 aliphatic rings. The molecule has 0 aromatic carbocycles. The summed E-state index contributed by atoms with van der Waals surface area (Å²) in [4.78, 5) is 15.1. The SMILES string of the molecule is CC(=O)Cc1nc(C2CCCCN2)no1. The van der Waals surface area contributed by atoms with Crippen molar-refractivity contribution in [2.45, 2.75) is 38.6 Å². The summed E-state index contributed by atoms with van der Waals surface area (Å²) >= 11 is 0. The van der Waals surface area contributed by atoms with Gasteiger partial charge in [0, 0.05) is 0 Å². The van der Waals surface area contributed by atoms with Gasteiger partial charge in [-0.05, 0) is 26.3 Å². The number of nitrogens with one attached hydrogen (secondary N) is 1. The van der Waals surface area contributed by atoms with Crippen LogP contribution in [0.4, 0.5) is 0 Å². The maximum Gasteiger partial charge on any atom is 0.234 e. The second kappa shape index (κ2) is 4.53. The van der Waals surface area contributed by atoms with Crippen LogP contribution in [0.15, 0.2) is 4.52 Å². The first-order valence-electron chi connectivity index (χ1n) is 5.31. The van der Waals surface area contributed by atoms with E-state index in [1.807, 2.05) is 0 Å². The van der Waals surface area contributed by atoms with Crippen LogP contribution in [0.2, 0.25) is 0 Å². The first kappa shape index (κ1) is 10.3. The van der Waals surface area contributed by atoms with Crippen LogP contribution >= 0.6 is 0 Å². The normalized spacial score (nSPS) is 21.5. The molecule has 82 valence electrons. The van der Waals surface area contributed by atoms with Gasteiger partial charge in [0.15, 0.2) is 5.82 Å². The molecule has 5 nitrogen and oxygen atoms in total. The summed E-state index contributed by atoms with van der Waals surface area (Å²) in [5.74, 6) is 1.15. The van der Waals surface area contributed by atoms with Gasteiger partial charge >= 0.3 is 0 Å². The van der Waals surface area contributed by atoms with Crippen molar-refractivity contribution < 1.29 is 9.32 Å². The summed E-state index contributed by atoms with van der Waals surface area (Å²) in [5.41, 5.74) is 0. The predicted molar refractivity (Wildman–Crippen MR) is 53.3 cm³/mol. The standard InChI is InChI=1S/C10H15N3O2/c1-7(14)6-9-12-10(13-15-9)8-4-2-3-5-11-8/h8,11H,2-6H2,1H3. The average molecular weight is 209 g/mol. The molecule has 2 rings (SSSR count). The van der Waals surface area contributed by atoms with Crippen molar-refractivity contribution in [3.05, 3.63) is 11.7 Å². The maximum absolute atomic E-state index is 10.9. The lowest BCUT2D eigenvalue weighted by molar-refractivity contribution is -0.116. The molecule has 1 fully saturated rings. The van der Waals surface area contributed by atoms with Gasteiger partial charge in [0.2, 0.25) is 5.89 Å². The molecule has 0 spiro atoms. The summed E-state index contributed by atoms with van der Waals surface area (Å²) in [7, 11) is 0. The number of rotatable bonds is 3. The number of aromatic nitrogens is 2. The Morgan fingerprint density at radius 3 is 3.13 bits per heavy atom. The van der Waals surface area contributed by atoms with Crippen molar-refractivity contribution in [1.29, 1.82) is 0 Å². The minimum Gasteiger partial charge on any atom is -0.339 e. The second-order valence-corrected chi connectivity index (χ2v) is 3.93. The van der Waals surface area contributed by atoms with E-state index in [1.165, 1.54) is 19.8 Å². The van der Waals surface area contributed by atoms with E-state index < -0.39 is 0 Å². The molecular weight excluding hydrogens is 194 g/mol. The number of nitrogens with zero attached hydrogens (tertiary/aromatic N) is 2. The summed E-state index contributed by atoms with van der Waals surface area (Å²) in [6.07, 6.45) is 3.67. The lowest BCUT2D eigenvalue weighted by atomic mass is 10.0. The van der Waals surface area contributed by atoms with Gasteiger partial charge in [-0.25, -0.2) is 0 Å². The van der Waals surface area contributed by atoms with Gasteiger partial charge in [0.25, 0.3) is 0 Å². The molecule has 2 heterocycles. The van der Waals surface area contributed by atoms with E-state index in [0.29, 0.717) is 11.7 Å². The lowest BCUT2D eigenvalue weighted by Gasteiger charge is -2.19. The van der Waals surface area contributed by atoms with Crippen LogP contribution < -0.4 is 5.32 Å². The zero-order valence-corrected chi connectivity index (χ0v) is 8.82. The fourth-order valence-corrected chi connectivity index (χ4v) is 1.77. The largest absolute Gasteiger partial charge is 0.339 e. The molecule has 1 atom stereocenters. The van der Waals surface area contributed by atoms with Gasteiger partial charge in [-0.2, -0.15) is 4.98 Å². The van der Waals surface area contributed by atoms with Gasteiger partial charge in [-0.3, -0.25) is 4.79 Å². The van der Waals surface area contributed by atoms with E-state index in [0.717, 1.165) is 13.0 Å². The molecule has 0 amide bonds. The van der Waals surface area contributed by atoms with Crippen molar-refractivity contribution in [2.24, 2.45) is 0 Å². The molecule has 1 saturated heterocycles. The molecule has 1 aliphatic heterocycles. The van der Waals surface area contributed by atoms with Crippen molar-refractivity contribution in [3.8, 4) is 0 Å². The summed E-state index contributed by atoms with van der Waals surface area (Å²) in [5, 5.41) is 7.22. The molecule has 1 aromatic heterocycles. The highest BCUT2D eigenvalue weighted by atomic mass is 16.5. The number of hydrogen-bond acceptors (Lipinski definition) is 5. The maximum atomic E-state index is 10.9. The Morgan fingerprint density at radius 2 is 2.47 bits per heavy atom. The Labute approximate surface area is 88.2 Å². The van der Waals surface area contributed by atoms with E-state index in [9.17, 15) is 4.79 Å². The Morgan fingerprint density at radius 1 is 1.60 bits per heavy atom. The summed E-state index contributed by atoms with van der Waals surface area (Å²) < 4.78 is 5.01. The van der Waals surface area contributed by atoms with Crippen LogP contribution in [0.25, 0.3) is 0 Å². The van der Waals surface area contributed by atoms with Crippen LogP contribution in [0.3, 0.4) is 0 Å². The number of ketones is 1. The van der Waals surface area contributed by atoms with Gasteiger partial charge in [0.1, 0.15) is 5.78 Å². The lowest BCUT2D eigenvalue weighted by Crippen LogP contribution is -2.27. The topological polar surface area (TPSA) is 68.0 Å². The highest BCUT2D eigenvalue weighted by molar-refractivity contribution is 5.77. The van der Waals surface area contributed by atoms with E-state index in [1.54, 1.807) is 0 Å². The van der Waals surface area contributed by atoms with Gasteiger partial charge in [-0.1, -0.05) is 11.6 Å². The van der Waals surface area contributed by atoms with Gasteiger partial charge in [0.05, 0.1) is 12.5 Å². The third-order valence-electron chi connectivity index (χ3n) is 2.51. The zero-order valence-electron chi connectivity index (χ0n) is 8.82. The van der Waals surface area contributed by atoms with E-state index >= 15 is 0 Å². The van der Waals surface area contributed by atoms with Crippen LogP contribution in [0, 0.1) is 0 Å². The quantitative estimate of drug-likeness (QED) is 0.804. The number of hydrogen-bond donors (Lipinski definition) is 1. The Balaban J connectivity index is 2.02. The molecule has 0 radical (unpaired) electrons. The second-order valence-electron chi connectivity index (χ2n) is 3.93. The molecule has 15 heavy (non-hydrogen) atoms. The van der Waals surface area contributed by atoms with E-state index in [2.05, 4.69) is 15.5 Å². The smallest absolute Gasteiger partial charge is 0.234 e. The number of carbonyl (C=O) groups is 1. The molecule has 1 unspecified atom stereocenters. The van der Waals surface area contributed by atoms with Crippen LogP contribution in [0.5, 0.6) is 0 Å². The first-order valence-corrected chi connectivity index (χ1v) is 5.31. The van der Waals surface area contributed by atoms with Crippen molar-refractivity contribution in [3.63, 3.8) is 0 Å². The Kier molecular flexibility index (Phi) is 3.11. The highest BCUT2D eigenvalue weighted by Gasteiger charge is 2.20. The molecule has 1 aromatic rings. The fourth-order valence-electron chi connectivity index (χ4n) is 1.77. The monoisotopic (exact) mass is 209 g/mol. The van der Waals surface area contributed by atoms with Crippen LogP contribution in [-0.2, 0) is 11.2 Å². The number of carbonyl (C=O) groups excluding carboxylic acids is 1. The zero-order chi connectivity index (χ0) is 10.7. The average Bonchev–Trinajstić information content (AvgIpc) is 2.67. The molecular formula is C10H15N3O2. The number of Topliss-reactive ketones (excluding diaryl/α,β-unsaturated/α-hetero) is 1. The Hall–Kier alpha value is -1.23. The van der Waals surface area contributed by atoms with Crippen molar-refractivity contribution in [2.75, 3.05) is 6.54 Å². The minimum atomic E-state index is 0.0433. The van der Waals surface area contributed by atoms with Crippen LogP contribution in [0.1, 0.15) is 43.9 Å². The molecule has 5 heteroatoms. The minimum absolute atomic E-state index is 0.0433. The first-order chi connectivity index (χ1) is 7.25. The van der Waals surface area contributed by atoms with Gasteiger partial charge in [-0.15, -0.1) is 0 Å². The third kappa shape index (κ3) is 2.62. The molecule has 0 saturated carbocycles. The predicted octanol–water partition coefficient (Wildman–Crippen LogP) is 1.02. The molecule has 0 aliphatic carbocycles. The van der Waals surface area contributed by atoms with Crippen molar-refractivity contribution in [1.82, 2.24) is 15.5 Å². The summed E-state index contributed by atoms with van der Waals surface area (Å²) in [6, 6.07) is 0.197. The fraction of sp³-hybridized carbons (Fsp3) is 0.700. The number of piperidine rings is 1. The van der Waals surface area contributed by atoms with E-state index in [-0.39, 0.29) is 18.2 Å². The van der Waals surface area contributed by atoms with E-state index in [4.69, 9.17) is 4.52 Å². The Bertz CT molecular complexity index is 342.